The smallest absolute Gasteiger partial charge is 0.223 e. The fourth-order valence-corrected chi connectivity index (χ4v) is 4.49. The van der Waals surface area contributed by atoms with Crippen molar-refractivity contribution in [2.24, 2.45) is 35.3 Å². The third-order valence-electron chi connectivity index (χ3n) is 5.90. The van der Waals surface area contributed by atoms with E-state index in [9.17, 15) is 4.79 Å². The van der Waals surface area contributed by atoms with Gasteiger partial charge in [-0.15, -0.1) is 0 Å². The first-order chi connectivity index (χ1) is 10.0. The second-order valence-electron chi connectivity index (χ2n) is 7.83. The van der Waals surface area contributed by atoms with E-state index in [2.05, 4.69) is 26.1 Å². The van der Waals surface area contributed by atoms with Gasteiger partial charge in [0.05, 0.1) is 0 Å². The molecule has 122 valence electrons. The molecule has 2 saturated carbocycles. The average molecular weight is 294 g/mol. The molecule has 3 nitrogen and oxygen atoms in total. The summed E-state index contributed by atoms with van der Waals surface area (Å²) in [5.74, 6) is 2.88. The summed E-state index contributed by atoms with van der Waals surface area (Å²) in [6.07, 6.45) is 8.29. The molecule has 0 aromatic carbocycles. The Labute approximate surface area is 130 Å². The maximum absolute atomic E-state index is 12.7. The maximum atomic E-state index is 12.7. The molecule has 0 saturated heterocycles. The Morgan fingerprint density at radius 2 is 1.90 bits per heavy atom. The van der Waals surface area contributed by atoms with Crippen LogP contribution in [0.3, 0.4) is 0 Å². The summed E-state index contributed by atoms with van der Waals surface area (Å²) >= 11 is 0. The lowest BCUT2D eigenvalue weighted by atomic mass is 9.73. The SMILES string of the molecule is CC1CCC(C(C)C)C(NC(=O)C2CCCCC2CN)C1. The minimum absolute atomic E-state index is 0.161. The van der Waals surface area contributed by atoms with Crippen LogP contribution in [0.15, 0.2) is 0 Å². The van der Waals surface area contributed by atoms with Crippen LogP contribution in [0.2, 0.25) is 0 Å². The van der Waals surface area contributed by atoms with Crippen LogP contribution >= 0.6 is 0 Å². The van der Waals surface area contributed by atoms with Crippen LogP contribution in [0.1, 0.15) is 65.7 Å². The molecule has 21 heavy (non-hydrogen) atoms. The zero-order valence-corrected chi connectivity index (χ0v) is 14.1. The van der Waals surface area contributed by atoms with Gasteiger partial charge < -0.3 is 11.1 Å². The molecule has 2 aliphatic carbocycles. The molecule has 0 heterocycles. The highest BCUT2D eigenvalue weighted by Crippen LogP contribution is 2.35. The summed E-state index contributed by atoms with van der Waals surface area (Å²) in [4.78, 5) is 12.7. The number of rotatable bonds is 4. The number of carbonyl (C=O) groups excluding carboxylic acids is 1. The third kappa shape index (κ3) is 4.21. The Balaban J connectivity index is 1.98. The molecule has 2 rings (SSSR count). The maximum Gasteiger partial charge on any atom is 0.223 e. The van der Waals surface area contributed by atoms with Crippen LogP contribution in [0.5, 0.6) is 0 Å². The lowest BCUT2D eigenvalue weighted by molar-refractivity contribution is -0.129. The van der Waals surface area contributed by atoms with Gasteiger partial charge in [-0.1, -0.05) is 40.0 Å². The van der Waals surface area contributed by atoms with E-state index in [0.29, 0.717) is 30.3 Å². The van der Waals surface area contributed by atoms with Gasteiger partial charge in [-0.05, 0) is 55.9 Å². The first kappa shape index (κ1) is 16.8. The second kappa shape index (κ2) is 7.62. The highest BCUT2D eigenvalue weighted by molar-refractivity contribution is 5.79. The van der Waals surface area contributed by atoms with Gasteiger partial charge in [0.2, 0.25) is 5.91 Å². The van der Waals surface area contributed by atoms with Crippen molar-refractivity contribution in [2.45, 2.75) is 71.8 Å². The van der Waals surface area contributed by atoms with E-state index in [1.807, 2.05) is 0 Å². The second-order valence-corrected chi connectivity index (χ2v) is 7.83. The quantitative estimate of drug-likeness (QED) is 0.835. The molecule has 1 amide bonds. The molecule has 0 aromatic heterocycles. The van der Waals surface area contributed by atoms with Crippen molar-refractivity contribution in [3.63, 3.8) is 0 Å². The molecule has 0 aromatic rings. The zero-order chi connectivity index (χ0) is 15.4. The van der Waals surface area contributed by atoms with Gasteiger partial charge in [-0.2, -0.15) is 0 Å². The van der Waals surface area contributed by atoms with E-state index >= 15 is 0 Å². The van der Waals surface area contributed by atoms with Crippen LogP contribution in [-0.2, 0) is 4.79 Å². The Hall–Kier alpha value is -0.570. The van der Waals surface area contributed by atoms with Gasteiger partial charge in [-0.3, -0.25) is 4.79 Å². The summed E-state index contributed by atoms with van der Waals surface area (Å²) in [6.45, 7) is 7.57. The minimum atomic E-state index is 0.161. The molecule has 0 spiro atoms. The third-order valence-corrected chi connectivity index (χ3v) is 5.90. The minimum Gasteiger partial charge on any atom is -0.353 e. The summed E-state index contributed by atoms with van der Waals surface area (Å²) in [5, 5.41) is 3.42. The monoisotopic (exact) mass is 294 g/mol. The number of carbonyl (C=O) groups is 1. The highest BCUT2D eigenvalue weighted by Gasteiger charge is 2.35. The topological polar surface area (TPSA) is 55.1 Å². The molecular weight excluding hydrogens is 260 g/mol. The molecule has 0 bridgehead atoms. The fourth-order valence-electron chi connectivity index (χ4n) is 4.49. The molecule has 2 fully saturated rings. The normalized spacial score (nSPS) is 37.5. The Kier molecular flexibility index (Phi) is 6.09. The van der Waals surface area contributed by atoms with Crippen molar-refractivity contribution >= 4 is 5.91 Å². The predicted octanol–water partition coefficient (Wildman–Crippen LogP) is 3.33. The lowest BCUT2D eigenvalue weighted by Crippen LogP contribution is -2.49. The van der Waals surface area contributed by atoms with E-state index in [1.165, 1.54) is 25.7 Å². The van der Waals surface area contributed by atoms with Crippen molar-refractivity contribution in [3.05, 3.63) is 0 Å². The van der Waals surface area contributed by atoms with Gasteiger partial charge in [0.25, 0.3) is 0 Å². The average Bonchev–Trinajstić information content (AvgIpc) is 2.46. The first-order valence-electron chi connectivity index (χ1n) is 9.03. The number of nitrogens with two attached hydrogens (primary N) is 1. The molecule has 0 radical (unpaired) electrons. The van der Waals surface area contributed by atoms with Crippen LogP contribution < -0.4 is 11.1 Å². The molecule has 2 aliphatic rings. The molecule has 5 atom stereocenters. The van der Waals surface area contributed by atoms with E-state index < -0.39 is 0 Å². The van der Waals surface area contributed by atoms with Gasteiger partial charge in [0.15, 0.2) is 0 Å². The van der Waals surface area contributed by atoms with Gasteiger partial charge >= 0.3 is 0 Å². The van der Waals surface area contributed by atoms with E-state index in [1.54, 1.807) is 0 Å². The number of amides is 1. The molecular formula is C18H34N2O. The van der Waals surface area contributed by atoms with E-state index in [0.717, 1.165) is 25.2 Å². The lowest BCUT2D eigenvalue weighted by Gasteiger charge is -2.39. The van der Waals surface area contributed by atoms with Gasteiger partial charge in [0, 0.05) is 12.0 Å². The summed E-state index contributed by atoms with van der Waals surface area (Å²) in [6, 6.07) is 0.376. The van der Waals surface area contributed by atoms with E-state index in [-0.39, 0.29) is 11.8 Å². The fraction of sp³-hybridized carbons (Fsp3) is 0.944. The Bertz CT molecular complexity index is 342. The first-order valence-corrected chi connectivity index (χ1v) is 9.03. The summed E-state index contributed by atoms with van der Waals surface area (Å²) < 4.78 is 0. The molecule has 3 heteroatoms. The number of nitrogens with one attached hydrogen (secondary N) is 1. The standard InChI is InChI=1S/C18H34N2O/c1-12(2)15-9-8-13(3)10-17(15)20-18(21)16-7-5-4-6-14(16)11-19/h12-17H,4-11,19H2,1-3H3,(H,20,21). The predicted molar refractivity (Wildman–Crippen MR) is 87.8 cm³/mol. The van der Waals surface area contributed by atoms with Gasteiger partial charge in [-0.25, -0.2) is 0 Å². The van der Waals surface area contributed by atoms with Crippen LogP contribution in [0.25, 0.3) is 0 Å². The van der Waals surface area contributed by atoms with Crippen molar-refractivity contribution < 1.29 is 4.79 Å². The van der Waals surface area contributed by atoms with E-state index in [4.69, 9.17) is 5.73 Å². The molecule has 3 N–H and O–H groups in total. The van der Waals surface area contributed by atoms with Crippen LogP contribution in [-0.4, -0.2) is 18.5 Å². The van der Waals surface area contributed by atoms with Crippen molar-refractivity contribution in [1.82, 2.24) is 5.32 Å². The van der Waals surface area contributed by atoms with Gasteiger partial charge in [0.1, 0.15) is 0 Å². The van der Waals surface area contributed by atoms with Crippen LogP contribution in [0, 0.1) is 29.6 Å². The van der Waals surface area contributed by atoms with Crippen molar-refractivity contribution in [2.75, 3.05) is 6.54 Å². The zero-order valence-electron chi connectivity index (χ0n) is 14.1. The summed E-state index contributed by atoms with van der Waals surface area (Å²) in [5.41, 5.74) is 5.88. The molecule has 5 unspecified atom stereocenters. The Morgan fingerprint density at radius 3 is 2.57 bits per heavy atom. The van der Waals surface area contributed by atoms with Crippen LogP contribution in [0.4, 0.5) is 0 Å². The van der Waals surface area contributed by atoms with Crippen molar-refractivity contribution in [3.8, 4) is 0 Å². The highest BCUT2D eigenvalue weighted by atomic mass is 16.2. The Morgan fingerprint density at radius 1 is 1.19 bits per heavy atom. The number of hydrogen-bond acceptors (Lipinski definition) is 2. The number of hydrogen-bond donors (Lipinski definition) is 2. The summed E-state index contributed by atoms with van der Waals surface area (Å²) in [7, 11) is 0. The largest absolute Gasteiger partial charge is 0.353 e. The molecule has 0 aliphatic heterocycles. The van der Waals surface area contributed by atoms with Crippen molar-refractivity contribution in [1.29, 1.82) is 0 Å².